The summed E-state index contributed by atoms with van der Waals surface area (Å²) in [6, 6.07) is 15.2. The maximum Gasteiger partial charge on any atom is 0.294 e. The van der Waals surface area contributed by atoms with E-state index >= 15 is 0 Å². The average molecular weight is 258 g/mol. The third kappa shape index (κ3) is 3.20. The lowest BCUT2D eigenvalue weighted by atomic mass is 10.2. The molecule has 0 unspecified atom stereocenters. The molecular formula is C14H10O3S. The van der Waals surface area contributed by atoms with E-state index in [1.807, 2.05) is 30.3 Å². The van der Waals surface area contributed by atoms with Crippen LogP contribution in [0.3, 0.4) is 0 Å². The van der Waals surface area contributed by atoms with E-state index in [1.165, 1.54) is 12.1 Å². The second kappa shape index (κ2) is 5.05. The van der Waals surface area contributed by atoms with Crippen LogP contribution in [0.4, 0.5) is 0 Å². The average Bonchev–Trinajstić information content (AvgIpc) is 2.37. The SMILES string of the molecule is O=S(=O)(O)c1ccc(C#Cc2ccccc2)cc1. The van der Waals surface area contributed by atoms with Crippen LogP contribution in [0.5, 0.6) is 0 Å². The van der Waals surface area contributed by atoms with Gasteiger partial charge in [0.25, 0.3) is 10.1 Å². The van der Waals surface area contributed by atoms with E-state index in [9.17, 15) is 8.42 Å². The van der Waals surface area contributed by atoms with Gasteiger partial charge in [-0.3, -0.25) is 4.55 Å². The summed E-state index contributed by atoms with van der Waals surface area (Å²) < 4.78 is 30.5. The largest absolute Gasteiger partial charge is 0.294 e. The van der Waals surface area contributed by atoms with Crippen LogP contribution in [0.1, 0.15) is 11.1 Å². The molecule has 0 amide bonds. The van der Waals surface area contributed by atoms with Crippen LogP contribution in [-0.2, 0) is 10.1 Å². The highest BCUT2D eigenvalue weighted by Gasteiger charge is 2.07. The number of hydrogen-bond acceptors (Lipinski definition) is 2. The molecule has 0 aliphatic carbocycles. The molecular weight excluding hydrogens is 248 g/mol. The second-order valence-electron chi connectivity index (χ2n) is 3.62. The molecule has 0 saturated heterocycles. The zero-order valence-electron chi connectivity index (χ0n) is 9.37. The van der Waals surface area contributed by atoms with E-state index < -0.39 is 10.1 Å². The molecule has 0 aromatic heterocycles. The fourth-order valence-corrected chi connectivity index (χ4v) is 1.86. The molecule has 18 heavy (non-hydrogen) atoms. The van der Waals surface area contributed by atoms with Crippen molar-refractivity contribution in [1.29, 1.82) is 0 Å². The Bertz CT molecular complexity index is 690. The third-order valence-corrected chi connectivity index (χ3v) is 3.15. The molecule has 0 aliphatic rings. The fraction of sp³-hybridized carbons (Fsp3) is 0. The molecule has 2 aromatic rings. The third-order valence-electron chi connectivity index (χ3n) is 2.28. The van der Waals surface area contributed by atoms with Crippen LogP contribution in [0.2, 0.25) is 0 Å². The smallest absolute Gasteiger partial charge is 0.282 e. The van der Waals surface area contributed by atoms with E-state index in [0.29, 0.717) is 5.56 Å². The summed E-state index contributed by atoms with van der Waals surface area (Å²) in [6.45, 7) is 0. The van der Waals surface area contributed by atoms with Crippen molar-refractivity contribution in [3.63, 3.8) is 0 Å². The summed E-state index contributed by atoms with van der Waals surface area (Å²) in [5.74, 6) is 5.87. The molecule has 0 bridgehead atoms. The molecule has 0 aliphatic heterocycles. The zero-order chi connectivity index (χ0) is 13.0. The van der Waals surface area contributed by atoms with Crippen molar-refractivity contribution < 1.29 is 13.0 Å². The lowest BCUT2D eigenvalue weighted by Gasteiger charge is -1.96. The van der Waals surface area contributed by atoms with Crippen LogP contribution >= 0.6 is 0 Å². The Hall–Kier alpha value is -2.09. The van der Waals surface area contributed by atoms with Gasteiger partial charge in [-0.2, -0.15) is 8.42 Å². The fourth-order valence-electron chi connectivity index (χ4n) is 1.38. The van der Waals surface area contributed by atoms with E-state index in [1.54, 1.807) is 12.1 Å². The predicted molar refractivity (Wildman–Crippen MR) is 68.7 cm³/mol. The summed E-state index contributed by atoms with van der Waals surface area (Å²) in [4.78, 5) is -0.132. The quantitative estimate of drug-likeness (QED) is 0.631. The molecule has 1 N–H and O–H groups in total. The molecule has 4 heteroatoms. The Labute approximate surface area is 106 Å². The van der Waals surface area contributed by atoms with Crippen molar-refractivity contribution in [3.05, 3.63) is 65.7 Å². The van der Waals surface area contributed by atoms with Crippen molar-refractivity contribution in [2.45, 2.75) is 4.90 Å². The first-order valence-electron chi connectivity index (χ1n) is 5.20. The lowest BCUT2D eigenvalue weighted by molar-refractivity contribution is 0.483. The highest BCUT2D eigenvalue weighted by Crippen LogP contribution is 2.09. The predicted octanol–water partition coefficient (Wildman–Crippen LogP) is 2.33. The summed E-state index contributed by atoms with van der Waals surface area (Å²) in [6.07, 6.45) is 0. The van der Waals surface area contributed by atoms with Crippen LogP contribution in [0.15, 0.2) is 59.5 Å². The Morgan fingerprint density at radius 1 is 0.778 bits per heavy atom. The number of rotatable bonds is 1. The Balaban J connectivity index is 2.25. The van der Waals surface area contributed by atoms with E-state index in [-0.39, 0.29) is 4.90 Å². The van der Waals surface area contributed by atoms with E-state index in [2.05, 4.69) is 11.8 Å². The van der Waals surface area contributed by atoms with Gasteiger partial charge in [-0.25, -0.2) is 0 Å². The van der Waals surface area contributed by atoms with Gasteiger partial charge in [0.15, 0.2) is 0 Å². The van der Waals surface area contributed by atoms with Crippen LogP contribution in [0.25, 0.3) is 0 Å². The van der Waals surface area contributed by atoms with Crippen LogP contribution in [-0.4, -0.2) is 13.0 Å². The van der Waals surface area contributed by atoms with E-state index in [0.717, 1.165) is 5.56 Å². The van der Waals surface area contributed by atoms with Crippen molar-refractivity contribution in [2.24, 2.45) is 0 Å². The summed E-state index contributed by atoms with van der Waals surface area (Å²) >= 11 is 0. The number of hydrogen-bond donors (Lipinski definition) is 1. The second-order valence-corrected chi connectivity index (χ2v) is 5.04. The first-order valence-corrected chi connectivity index (χ1v) is 6.64. The van der Waals surface area contributed by atoms with Gasteiger partial charge in [0.1, 0.15) is 0 Å². The Morgan fingerprint density at radius 3 is 1.78 bits per heavy atom. The van der Waals surface area contributed by atoms with Crippen molar-refractivity contribution >= 4 is 10.1 Å². The minimum atomic E-state index is -4.13. The minimum Gasteiger partial charge on any atom is -0.282 e. The normalized spacial score (nSPS) is 10.5. The molecule has 0 spiro atoms. The molecule has 0 radical (unpaired) electrons. The maximum atomic E-state index is 10.8. The van der Waals surface area contributed by atoms with Gasteiger partial charge >= 0.3 is 0 Å². The van der Waals surface area contributed by atoms with Gasteiger partial charge in [-0.15, -0.1) is 0 Å². The molecule has 0 heterocycles. The maximum absolute atomic E-state index is 10.8. The Kier molecular flexibility index (Phi) is 3.47. The van der Waals surface area contributed by atoms with Crippen molar-refractivity contribution in [1.82, 2.24) is 0 Å². The van der Waals surface area contributed by atoms with Gasteiger partial charge < -0.3 is 0 Å². The Morgan fingerprint density at radius 2 is 1.28 bits per heavy atom. The molecule has 3 nitrogen and oxygen atoms in total. The first-order chi connectivity index (χ1) is 8.55. The van der Waals surface area contributed by atoms with Gasteiger partial charge in [0.2, 0.25) is 0 Å². The molecule has 0 atom stereocenters. The molecule has 0 fully saturated rings. The summed E-state index contributed by atoms with van der Waals surface area (Å²) in [5.41, 5.74) is 1.57. The molecule has 2 aromatic carbocycles. The lowest BCUT2D eigenvalue weighted by Crippen LogP contribution is -1.97. The van der Waals surface area contributed by atoms with Crippen molar-refractivity contribution in [3.8, 4) is 11.8 Å². The minimum absolute atomic E-state index is 0.132. The molecule has 2 rings (SSSR count). The summed E-state index contributed by atoms with van der Waals surface area (Å²) in [5, 5.41) is 0. The van der Waals surface area contributed by atoms with Gasteiger partial charge in [0.05, 0.1) is 4.90 Å². The highest BCUT2D eigenvalue weighted by molar-refractivity contribution is 7.85. The van der Waals surface area contributed by atoms with Gasteiger partial charge in [0, 0.05) is 11.1 Å². The molecule has 0 saturated carbocycles. The summed E-state index contributed by atoms with van der Waals surface area (Å²) in [7, 11) is -4.13. The number of benzene rings is 2. The monoisotopic (exact) mass is 258 g/mol. The van der Waals surface area contributed by atoms with Crippen LogP contribution in [0, 0.1) is 11.8 Å². The van der Waals surface area contributed by atoms with Gasteiger partial charge in [-0.05, 0) is 36.4 Å². The zero-order valence-corrected chi connectivity index (χ0v) is 10.2. The topological polar surface area (TPSA) is 54.4 Å². The first kappa shape index (κ1) is 12.4. The van der Waals surface area contributed by atoms with Gasteiger partial charge in [-0.1, -0.05) is 30.0 Å². The highest BCUT2D eigenvalue weighted by atomic mass is 32.2. The standard InChI is InChI=1S/C14H10O3S/c15-18(16,17)14-10-8-13(9-11-14)7-6-12-4-2-1-3-5-12/h1-5,8-11H,(H,15,16,17). The van der Waals surface area contributed by atoms with Crippen LogP contribution < -0.4 is 0 Å². The van der Waals surface area contributed by atoms with Crippen molar-refractivity contribution in [2.75, 3.05) is 0 Å². The molecule has 90 valence electrons. The van der Waals surface area contributed by atoms with E-state index in [4.69, 9.17) is 4.55 Å².